The predicted octanol–water partition coefficient (Wildman–Crippen LogP) is 4.34. The highest BCUT2D eigenvalue weighted by Gasteiger charge is 2.09. The van der Waals surface area contributed by atoms with Crippen molar-refractivity contribution in [3.63, 3.8) is 0 Å². The van der Waals surface area contributed by atoms with E-state index in [2.05, 4.69) is 21.2 Å². The van der Waals surface area contributed by atoms with Crippen molar-refractivity contribution in [2.24, 2.45) is 0 Å². The van der Waals surface area contributed by atoms with Gasteiger partial charge in [0.05, 0.1) is 0 Å². The molecule has 0 bridgehead atoms. The first-order chi connectivity index (χ1) is 8.08. The summed E-state index contributed by atoms with van der Waals surface area (Å²) in [5.74, 6) is -0.300. The molecule has 17 heavy (non-hydrogen) atoms. The third kappa shape index (κ3) is 3.07. The maximum Gasteiger partial charge on any atom is 0.263 e. The summed E-state index contributed by atoms with van der Waals surface area (Å²) in [6, 6.07) is 4.84. The van der Waals surface area contributed by atoms with Gasteiger partial charge in [-0.1, -0.05) is 43.9 Å². The van der Waals surface area contributed by atoms with Crippen LogP contribution in [0.1, 0.15) is 5.56 Å². The van der Waals surface area contributed by atoms with Crippen molar-refractivity contribution in [3.8, 4) is 0 Å². The van der Waals surface area contributed by atoms with Crippen molar-refractivity contribution in [1.29, 1.82) is 0 Å². The van der Waals surface area contributed by atoms with Crippen LogP contribution in [0.15, 0.2) is 27.5 Å². The lowest BCUT2D eigenvalue weighted by molar-refractivity contribution is 0.612. The van der Waals surface area contributed by atoms with Crippen LogP contribution in [0.4, 0.5) is 9.39 Å². The fourth-order valence-electron chi connectivity index (χ4n) is 1.19. The van der Waals surface area contributed by atoms with E-state index in [1.165, 1.54) is 16.4 Å². The maximum absolute atomic E-state index is 13.5. The van der Waals surface area contributed by atoms with E-state index < -0.39 is 0 Å². The summed E-state index contributed by atoms with van der Waals surface area (Å²) in [7, 11) is 2.32. The van der Waals surface area contributed by atoms with E-state index in [0.717, 1.165) is 10.3 Å². The molecular weight excluding hydrogens is 349 g/mol. The van der Waals surface area contributed by atoms with E-state index in [9.17, 15) is 9.18 Å². The molecule has 0 unspecified atom stereocenters. The monoisotopic (exact) mass is 353 g/mol. The van der Waals surface area contributed by atoms with E-state index >= 15 is 0 Å². The van der Waals surface area contributed by atoms with Crippen LogP contribution in [0.5, 0.6) is 0 Å². The zero-order chi connectivity index (χ0) is 12.4. The molecule has 0 saturated heterocycles. The third-order valence-electron chi connectivity index (χ3n) is 2.03. The molecule has 0 fully saturated rings. The van der Waals surface area contributed by atoms with E-state index in [1.54, 1.807) is 12.1 Å². The summed E-state index contributed by atoms with van der Waals surface area (Å²) in [6.07, 6.45) is 0. The Balaban J connectivity index is 2.12. The van der Waals surface area contributed by atoms with Crippen LogP contribution < -0.4 is 10.1 Å². The zero-order valence-electron chi connectivity index (χ0n) is 8.30. The van der Waals surface area contributed by atoms with Crippen molar-refractivity contribution in [2.75, 3.05) is 5.32 Å². The molecule has 1 aromatic heterocycles. The topological polar surface area (TPSA) is 29.1 Å². The number of benzene rings is 1. The van der Waals surface area contributed by atoms with Crippen molar-refractivity contribution in [3.05, 3.63) is 48.6 Å². The smallest absolute Gasteiger partial charge is 0.263 e. The van der Waals surface area contributed by atoms with Gasteiger partial charge < -0.3 is 5.32 Å². The molecule has 2 nitrogen and oxygen atoms in total. The van der Waals surface area contributed by atoms with Crippen molar-refractivity contribution in [1.82, 2.24) is 0 Å². The van der Waals surface area contributed by atoms with Gasteiger partial charge in [-0.05, 0) is 22.5 Å². The van der Waals surface area contributed by atoms with Gasteiger partial charge in [0.25, 0.3) is 4.74 Å². The molecule has 0 aliphatic rings. The molecule has 0 radical (unpaired) electrons. The van der Waals surface area contributed by atoms with E-state index in [4.69, 9.17) is 11.6 Å². The number of anilines is 1. The van der Waals surface area contributed by atoms with Gasteiger partial charge in [-0.15, -0.1) is 0 Å². The molecular formula is C10H6BrClFNOS2. The summed E-state index contributed by atoms with van der Waals surface area (Å²) >= 11 is 8.97. The van der Waals surface area contributed by atoms with Crippen LogP contribution in [-0.4, -0.2) is 0 Å². The number of nitrogens with one attached hydrogen (secondary N) is 1. The lowest BCUT2D eigenvalue weighted by Gasteiger charge is -2.05. The van der Waals surface area contributed by atoms with Crippen LogP contribution in [0.25, 0.3) is 0 Å². The molecule has 0 aliphatic carbocycles. The van der Waals surface area contributed by atoms with Crippen molar-refractivity contribution >= 4 is 53.2 Å². The molecule has 1 heterocycles. The van der Waals surface area contributed by atoms with Gasteiger partial charge in [0.15, 0.2) is 0 Å². The minimum absolute atomic E-state index is 0.171. The summed E-state index contributed by atoms with van der Waals surface area (Å²) in [4.78, 5) is 11.1. The first-order valence-electron chi connectivity index (χ1n) is 4.54. The molecule has 0 atom stereocenters. The Morgan fingerprint density at radius 3 is 2.76 bits per heavy atom. The van der Waals surface area contributed by atoms with E-state index in [-0.39, 0.29) is 15.6 Å². The normalized spacial score (nSPS) is 10.5. The lowest BCUT2D eigenvalue weighted by Crippen LogP contribution is -2.02. The molecule has 0 aliphatic heterocycles. The van der Waals surface area contributed by atoms with Gasteiger partial charge >= 0.3 is 0 Å². The van der Waals surface area contributed by atoms with Crippen molar-refractivity contribution in [2.45, 2.75) is 6.54 Å². The second-order valence-corrected chi connectivity index (χ2v) is 6.59. The fourth-order valence-corrected chi connectivity index (χ4v) is 3.95. The maximum atomic E-state index is 13.5. The third-order valence-corrected chi connectivity index (χ3v) is 5.27. The highest BCUT2D eigenvalue weighted by atomic mass is 79.9. The molecule has 1 N–H and O–H groups in total. The summed E-state index contributed by atoms with van der Waals surface area (Å²) in [6.45, 7) is 0.297. The Hall–Kier alpha value is -0.430. The highest BCUT2D eigenvalue weighted by molar-refractivity contribution is 9.10. The first-order valence-corrected chi connectivity index (χ1v) is 7.86. The molecule has 1 aromatic carbocycles. The second-order valence-electron chi connectivity index (χ2n) is 3.19. The molecule has 0 spiro atoms. The number of hydrogen-bond acceptors (Lipinski definition) is 4. The van der Waals surface area contributed by atoms with Gasteiger partial charge in [0.1, 0.15) is 15.8 Å². The zero-order valence-corrected chi connectivity index (χ0v) is 12.3. The Labute approximate surface area is 118 Å². The van der Waals surface area contributed by atoms with Gasteiger partial charge in [0, 0.05) is 16.6 Å². The van der Waals surface area contributed by atoms with Gasteiger partial charge in [-0.3, -0.25) is 4.79 Å². The minimum Gasteiger partial charge on any atom is -0.371 e. The van der Waals surface area contributed by atoms with Gasteiger partial charge in [-0.2, -0.15) is 0 Å². The SMILES string of the molecule is O=c1ssc(NCc2ccc(Br)cc2F)c1Cl. The van der Waals surface area contributed by atoms with Crippen LogP contribution in [-0.2, 0) is 6.54 Å². The van der Waals surface area contributed by atoms with Gasteiger partial charge in [0.2, 0.25) is 0 Å². The quantitative estimate of drug-likeness (QED) is 0.831. The number of rotatable bonds is 3. The number of hydrogen-bond donors (Lipinski definition) is 1. The molecule has 90 valence electrons. The van der Waals surface area contributed by atoms with E-state index in [0.29, 0.717) is 21.6 Å². The van der Waals surface area contributed by atoms with E-state index in [1.807, 2.05) is 0 Å². The Morgan fingerprint density at radius 2 is 2.18 bits per heavy atom. The summed E-state index contributed by atoms with van der Waals surface area (Å²) < 4.78 is 14.0. The molecule has 0 saturated carbocycles. The second kappa shape index (κ2) is 5.48. The fraction of sp³-hybridized carbons (Fsp3) is 0.100. The molecule has 7 heteroatoms. The minimum atomic E-state index is -0.300. The lowest BCUT2D eigenvalue weighted by atomic mass is 10.2. The first kappa shape index (κ1) is 13.0. The molecule has 2 rings (SSSR count). The van der Waals surface area contributed by atoms with Crippen LogP contribution >= 0.6 is 48.2 Å². The van der Waals surface area contributed by atoms with Crippen LogP contribution in [0.3, 0.4) is 0 Å². The Morgan fingerprint density at radius 1 is 1.41 bits per heavy atom. The Bertz CT molecular complexity index is 598. The summed E-state index contributed by atoms with van der Waals surface area (Å²) in [5, 5.41) is 3.72. The van der Waals surface area contributed by atoms with Gasteiger partial charge in [-0.25, -0.2) is 4.39 Å². The predicted molar refractivity (Wildman–Crippen MR) is 74.9 cm³/mol. The average Bonchev–Trinajstić information content (AvgIpc) is 2.59. The molecule has 2 aromatic rings. The number of halogens is 3. The molecule has 0 amide bonds. The van der Waals surface area contributed by atoms with Crippen molar-refractivity contribution < 1.29 is 4.39 Å². The average molecular weight is 355 g/mol. The highest BCUT2D eigenvalue weighted by Crippen LogP contribution is 2.28. The van der Waals surface area contributed by atoms with Crippen LogP contribution in [0, 0.1) is 5.82 Å². The largest absolute Gasteiger partial charge is 0.371 e. The summed E-state index contributed by atoms with van der Waals surface area (Å²) in [5.41, 5.74) is 0.523. The Kier molecular flexibility index (Phi) is 4.19. The van der Waals surface area contributed by atoms with Crippen LogP contribution in [0.2, 0.25) is 5.02 Å². The standard InChI is InChI=1S/C10H6BrClFNOS2/c11-6-2-1-5(7(13)3-6)4-14-9-8(12)10(15)17-16-9/h1-3,14H,4H2.